The molecule has 0 bridgehead atoms. The number of para-hydroxylation sites is 1. The summed E-state index contributed by atoms with van der Waals surface area (Å²) in [5, 5.41) is 3.33. The van der Waals surface area contributed by atoms with E-state index in [1.54, 1.807) is 0 Å². The number of aliphatic imine (C=N–C) groups is 1. The Bertz CT molecular complexity index is 475. The zero-order valence-electron chi connectivity index (χ0n) is 15.0. The van der Waals surface area contributed by atoms with Crippen molar-refractivity contribution in [2.45, 2.75) is 26.2 Å². The molecule has 0 atom stereocenters. The van der Waals surface area contributed by atoms with Gasteiger partial charge >= 0.3 is 0 Å². The van der Waals surface area contributed by atoms with Gasteiger partial charge in [0.25, 0.3) is 0 Å². The van der Waals surface area contributed by atoms with Crippen LogP contribution in [0.15, 0.2) is 35.3 Å². The van der Waals surface area contributed by atoms with Crippen molar-refractivity contribution >= 4 is 5.96 Å². The van der Waals surface area contributed by atoms with Gasteiger partial charge < -0.3 is 19.7 Å². The van der Waals surface area contributed by atoms with Crippen molar-refractivity contribution in [2.24, 2.45) is 10.9 Å². The van der Waals surface area contributed by atoms with Crippen molar-refractivity contribution in [1.29, 1.82) is 0 Å². The van der Waals surface area contributed by atoms with E-state index >= 15 is 0 Å². The van der Waals surface area contributed by atoms with Crippen LogP contribution in [0.2, 0.25) is 0 Å². The van der Waals surface area contributed by atoms with Crippen LogP contribution in [0.1, 0.15) is 26.2 Å². The number of hydrogen-bond acceptors (Lipinski definition) is 3. The summed E-state index contributed by atoms with van der Waals surface area (Å²) >= 11 is 0. The lowest BCUT2D eigenvalue weighted by atomic mass is 10.3. The highest BCUT2D eigenvalue weighted by molar-refractivity contribution is 5.79. The molecule has 134 valence electrons. The summed E-state index contributed by atoms with van der Waals surface area (Å²) in [5.74, 6) is 2.67. The smallest absolute Gasteiger partial charge is 0.193 e. The molecule has 0 aliphatic heterocycles. The Morgan fingerprint density at radius 2 is 2.04 bits per heavy atom. The van der Waals surface area contributed by atoms with E-state index in [1.165, 1.54) is 12.8 Å². The van der Waals surface area contributed by atoms with Gasteiger partial charge in [0.05, 0.1) is 13.2 Å². The molecular formula is C19H31N3O2. The normalized spacial score (nSPS) is 14.5. The Morgan fingerprint density at radius 3 is 2.75 bits per heavy atom. The fraction of sp³-hybridized carbons (Fsp3) is 0.632. The zero-order valence-corrected chi connectivity index (χ0v) is 15.0. The van der Waals surface area contributed by atoms with Crippen LogP contribution in [-0.4, -0.2) is 57.4 Å². The molecule has 2 rings (SSSR count). The second-order valence-corrected chi connectivity index (χ2v) is 6.19. The predicted octanol–water partition coefficient (Wildman–Crippen LogP) is 2.78. The third kappa shape index (κ3) is 7.68. The molecule has 0 radical (unpaired) electrons. The van der Waals surface area contributed by atoms with Crippen molar-refractivity contribution in [1.82, 2.24) is 10.2 Å². The van der Waals surface area contributed by atoms with Gasteiger partial charge in [0.1, 0.15) is 5.75 Å². The number of likely N-dealkylation sites (N-methyl/N-ethyl adjacent to an activating group) is 1. The van der Waals surface area contributed by atoms with Crippen LogP contribution < -0.4 is 10.1 Å². The molecule has 0 unspecified atom stereocenters. The Hall–Kier alpha value is -1.75. The number of ether oxygens (including phenoxy) is 2. The molecule has 0 heterocycles. The summed E-state index contributed by atoms with van der Waals surface area (Å²) in [6.45, 7) is 6.92. The maximum absolute atomic E-state index is 5.70. The SMILES string of the molecule is CCNC(=NCCCOc1ccccc1)N(C)CCOCC1CC1. The Balaban J connectivity index is 1.62. The largest absolute Gasteiger partial charge is 0.494 e. The van der Waals surface area contributed by atoms with Crippen LogP contribution in [0.4, 0.5) is 0 Å². The summed E-state index contributed by atoms with van der Waals surface area (Å²) in [5.41, 5.74) is 0. The van der Waals surface area contributed by atoms with E-state index in [9.17, 15) is 0 Å². The minimum absolute atomic E-state index is 0.682. The topological polar surface area (TPSA) is 46.1 Å². The maximum Gasteiger partial charge on any atom is 0.193 e. The quantitative estimate of drug-likeness (QED) is 0.384. The summed E-state index contributed by atoms with van der Waals surface area (Å²) in [7, 11) is 2.06. The first kappa shape index (κ1) is 18.6. The van der Waals surface area contributed by atoms with Gasteiger partial charge in [0.2, 0.25) is 0 Å². The second-order valence-electron chi connectivity index (χ2n) is 6.19. The van der Waals surface area contributed by atoms with E-state index < -0.39 is 0 Å². The van der Waals surface area contributed by atoms with E-state index in [0.29, 0.717) is 6.61 Å². The van der Waals surface area contributed by atoms with Crippen LogP contribution in [0.3, 0.4) is 0 Å². The summed E-state index contributed by atoms with van der Waals surface area (Å²) in [6.07, 6.45) is 3.58. The molecule has 1 aromatic carbocycles. The average Bonchev–Trinajstić information content (AvgIpc) is 3.42. The number of nitrogens with zero attached hydrogens (tertiary/aromatic N) is 2. The zero-order chi connectivity index (χ0) is 17.0. The standard InChI is InChI=1S/C19H31N3O2/c1-3-20-19(22(2)13-15-23-16-17-10-11-17)21-12-7-14-24-18-8-5-4-6-9-18/h4-6,8-9,17H,3,7,10-16H2,1-2H3,(H,20,21). The van der Waals surface area contributed by atoms with E-state index in [0.717, 1.165) is 56.9 Å². The number of rotatable bonds is 11. The van der Waals surface area contributed by atoms with Gasteiger partial charge in [-0.2, -0.15) is 0 Å². The molecule has 0 aromatic heterocycles. The fourth-order valence-electron chi connectivity index (χ4n) is 2.27. The highest BCUT2D eigenvalue weighted by atomic mass is 16.5. The predicted molar refractivity (Wildman–Crippen MR) is 98.7 cm³/mol. The lowest BCUT2D eigenvalue weighted by Gasteiger charge is -2.22. The Labute approximate surface area is 146 Å². The third-order valence-corrected chi connectivity index (χ3v) is 3.89. The molecule has 1 aliphatic carbocycles. The highest BCUT2D eigenvalue weighted by Crippen LogP contribution is 2.28. The minimum atomic E-state index is 0.682. The molecule has 24 heavy (non-hydrogen) atoms. The molecule has 0 spiro atoms. The second kappa shape index (κ2) is 10.9. The van der Waals surface area contributed by atoms with Crippen molar-refractivity contribution in [3.8, 4) is 5.75 Å². The highest BCUT2D eigenvalue weighted by Gasteiger charge is 2.21. The number of guanidine groups is 1. The van der Waals surface area contributed by atoms with Gasteiger partial charge in [-0.1, -0.05) is 18.2 Å². The molecule has 5 nitrogen and oxygen atoms in total. The lowest BCUT2D eigenvalue weighted by molar-refractivity contribution is 0.115. The molecule has 0 amide bonds. The summed E-state index contributed by atoms with van der Waals surface area (Å²) in [6, 6.07) is 9.91. The molecule has 1 aliphatic rings. The molecular weight excluding hydrogens is 302 g/mol. The first-order valence-corrected chi connectivity index (χ1v) is 9.04. The minimum Gasteiger partial charge on any atom is -0.494 e. The van der Waals surface area contributed by atoms with Gasteiger partial charge in [-0.15, -0.1) is 0 Å². The first-order valence-electron chi connectivity index (χ1n) is 9.04. The van der Waals surface area contributed by atoms with E-state index in [4.69, 9.17) is 9.47 Å². The summed E-state index contributed by atoms with van der Waals surface area (Å²) in [4.78, 5) is 6.80. The molecule has 1 N–H and O–H groups in total. The molecule has 1 saturated carbocycles. The number of hydrogen-bond donors (Lipinski definition) is 1. The van der Waals surface area contributed by atoms with E-state index in [-0.39, 0.29) is 0 Å². The third-order valence-electron chi connectivity index (χ3n) is 3.89. The van der Waals surface area contributed by atoms with Gasteiger partial charge in [-0.05, 0) is 37.8 Å². The monoisotopic (exact) mass is 333 g/mol. The average molecular weight is 333 g/mol. The lowest BCUT2D eigenvalue weighted by Crippen LogP contribution is -2.40. The fourth-order valence-corrected chi connectivity index (χ4v) is 2.27. The van der Waals surface area contributed by atoms with Crippen LogP contribution >= 0.6 is 0 Å². The molecule has 5 heteroatoms. The van der Waals surface area contributed by atoms with Gasteiger partial charge in [0, 0.05) is 39.7 Å². The van der Waals surface area contributed by atoms with E-state index in [2.05, 4.69) is 29.2 Å². The van der Waals surface area contributed by atoms with Gasteiger partial charge in [0.15, 0.2) is 5.96 Å². The number of nitrogens with one attached hydrogen (secondary N) is 1. The van der Waals surface area contributed by atoms with Crippen molar-refractivity contribution in [3.63, 3.8) is 0 Å². The molecule has 1 aromatic rings. The van der Waals surface area contributed by atoms with Crippen molar-refractivity contribution < 1.29 is 9.47 Å². The first-order chi connectivity index (χ1) is 11.8. The molecule has 1 fully saturated rings. The van der Waals surface area contributed by atoms with Crippen LogP contribution in [-0.2, 0) is 4.74 Å². The van der Waals surface area contributed by atoms with Crippen LogP contribution in [0.25, 0.3) is 0 Å². The van der Waals surface area contributed by atoms with Crippen molar-refractivity contribution in [3.05, 3.63) is 30.3 Å². The van der Waals surface area contributed by atoms with Crippen LogP contribution in [0.5, 0.6) is 5.75 Å². The maximum atomic E-state index is 5.70. The number of benzene rings is 1. The van der Waals surface area contributed by atoms with Crippen LogP contribution in [0, 0.1) is 5.92 Å². The Kier molecular flexibility index (Phi) is 8.46. The van der Waals surface area contributed by atoms with Gasteiger partial charge in [-0.25, -0.2) is 0 Å². The van der Waals surface area contributed by atoms with Crippen molar-refractivity contribution in [2.75, 3.05) is 46.5 Å². The Morgan fingerprint density at radius 1 is 1.25 bits per heavy atom. The van der Waals surface area contributed by atoms with E-state index in [1.807, 2.05) is 30.3 Å². The molecule has 0 saturated heterocycles. The van der Waals surface area contributed by atoms with Gasteiger partial charge in [-0.3, -0.25) is 4.99 Å². The summed E-state index contributed by atoms with van der Waals surface area (Å²) < 4.78 is 11.4.